The van der Waals surface area contributed by atoms with Crippen LogP contribution in [0.3, 0.4) is 0 Å². The summed E-state index contributed by atoms with van der Waals surface area (Å²) in [4.78, 5) is 11.8. The number of halogens is 1. The molecule has 1 aliphatic carbocycles. The summed E-state index contributed by atoms with van der Waals surface area (Å²) in [5.41, 5.74) is 2.78. The van der Waals surface area contributed by atoms with Crippen LogP contribution in [0, 0.1) is 12.7 Å². The van der Waals surface area contributed by atoms with E-state index in [4.69, 9.17) is 4.74 Å². The Balaban J connectivity index is 1.38. The SMILES string of the molecule is Cc1cc(F)ccc1NC1CC(NC(=O)OCc2ccccc2)C1. The molecular formula is C19H21FN2O2. The number of ether oxygens (including phenoxy) is 1. The molecule has 2 aromatic rings. The third-order valence-corrected chi connectivity index (χ3v) is 4.22. The molecule has 0 aliphatic heterocycles. The summed E-state index contributed by atoms with van der Waals surface area (Å²) in [7, 11) is 0. The number of alkyl carbamates (subject to hydrolysis) is 1. The molecule has 1 amide bonds. The highest BCUT2D eigenvalue weighted by Gasteiger charge is 2.30. The number of nitrogens with one attached hydrogen (secondary N) is 2. The summed E-state index contributed by atoms with van der Waals surface area (Å²) in [6.45, 7) is 2.15. The van der Waals surface area contributed by atoms with E-state index < -0.39 is 0 Å². The summed E-state index contributed by atoms with van der Waals surface area (Å²) < 4.78 is 18.3. The maximum Gasteiger partial charge on any atom is 0.407 e. The van der Waals surface area contributed by atoms with Crippen molar-refractivity contribution in [1.82, 2.24) is 5.32 Å². The predicted octanol–water partition coefficient (Wildman–Crippen LogP) is 4.00. The molecule has 0 saturated heterocycles. The number of carbonyl (C=O) groups is 1. The summed E-state index contributed by atoms with van der Waals surface area (Å²) >= 11 is 0. The van der Waals surface area contributed by atoms with Crippen molar-refractivity contribution in [2.45, 2.75) is 38.5 Å². The Morgan fingerprint density at radius 3 is 2.62 bits per heavy atom. The highest BCUT2D eigenvalue weighted by molar-refractivity contribution is 5.68. The zero-order valence-electron chi connectivity index (χ0n) is 13.6. The van der Waals surface area contributed by atoms with Crippen LogP contribution >= 0.6 is 0 Å². The average molecular weight is 328 g/mol. The molecule has 0 bridgehead atoms. The van der Waals surface area contributed by atoms with Gasteiger partial charge in [-0.1, -0.05) is 30.3 Å². The lowest BCUT2D eigenvalue weighted by Crippen LogP contribution is -2.49. The third kappa shape index (κ3) is 4.25. The van der Waals surface area contributed by atoms with Crippen molar-refractivity contribution < 1.29 is 13.9 Å². The maximum absolute atomic E-state index is 13.1. The minimum absolute atomic E-state index is 0.117. The number of aryl methyl sites for hydroxylation is 1. The number of benzene rings is 2. The van der Waals surface area contributed by atoms with Gasteiger partial charge in [0.05, 0.1) is 0 Å². The normalized spacial score (nSPS) is 19.2. The Morgan fingerprint density at radius 2 is 1.92 bits per heavy atom. The van der Waals surface area contributed by atoms with Gasteiger partial charge in [-0.2, -0.15) is 0 Å². The second-order valence-corrected chi connectivity index (χ2v) is 6.17. The summed E-state index contributed by atoms with van der Waals surface area (Å²) in [5.74, 6) is -0.229. The van der Waals surface area contributed by atoms with Gasteiger partial charge in [-0.3, -0.25) is 0 Å². The van der Waals surface area contributed by atoms with E-state index in [0.29, 0.717) is 0 Å². The smallest absolute Gasteiger partial charge is 0.407 e. The molecule has 1 saturated carbocycles. The summed E-state index contributed by atoms with van der Waals surface area (Å²) in [5, 5.41) is 6.24. The minimum Gasteiger partial charge on any atom is -0.445 e. The van der Waals surface area contributed by atoms with Crippen LogP contribution in [0.15, 0.2) is 48.5 Å². The van der Waals surface area contributed by atoms with Gasteiger partial charge in [0.25, 0.3) is 0 Å². The van der Waals surface area contributed by atoms with Crippen LogP contribution in [0.5, 0.6) is 0 Å². The Morgan fingerprint density at radius 1 is 1.17 bits per heavy atom. The zero-order valence-corrected chi connectivity index (χ0v) is 13.6. The van der Waals surface area contributed by atoms with Crippen molar-refractivity contribution in [1.29, 1.82) is 0 Å². The quantitative estimate of drug-likeness (QED) is 0.872. The molecule has 2 N–H and O–H groups in total. The molecular weight excluding hydrogens is 307 g/mol. The highest BCUT2D eigenvalue weighted by Crippen LogP contribution is 2.26. The van der Waals surface area contributed by atoms with Crippen molar-refractivity contribution in [2.24, 2.45) is 0 Å². The van der Waals surface area contributed by atoms with E-state index >= 15 is 0 Å². The van der Waals surface area contributed by atoms with Crippen LogP contribution in [0.4, 0.5) is 14.9 Å². The van der Waals surface area contributed by atoms with Crippen molar-refractivity contribution >= 4 is 11.8 Å². The van der Waals surface area contributed by atoms with Crippen molar-refractivity contribution in [3.05, 3.63) is 65.5 Å². The molecule has 0 unspecified atom stereocenters. The van der Waals surface area contributed by atoms with Gasteiger partial charge < -0.3 is 15.4 Å². The lowest BCUT2D eigenvalue weighted by atomic mass is 9.86. The minimum atomic E-state index is -0.389. The third-order valence-electron chi connectivity index (χ3n) is 4.22. The summed E-state index contributed by atoms with van der Waals surface area (Å²) in [6, 6.07) is 14.7. The van der Waals surface area contributed by atoms with Crippen LogP contribution in [-0.4, -0.2) is 18.2 Å². The first kappa shape index (κ1) is 16.3. The monoisotopic (exact) mass is 328 g/mol. The molecule has 126 valence electrons. The molecule has 0 atom stereocenters. The number of amides is 1. The fourth-order valence-corrected chi connectivity index (χ4v) is 2.79. The number of carbonyl (C=O) groups excluding carboxylic acids is 1. The summed E-state index contributed by atoms with van der Waals surface area (Å²) in [6.07, 6.45) is 1.27. The zero-order chi connectivity index (χ0) is 16.9. The molecule has 2 aromatic carbocycles. The first-order valence-corrected chi connectivity index (χ1v) is 8.10. The number of hydrogen-bond donors (Lipinski definition) is 2. The second-order valence-electron chi connectivity index (χ2n) is 6.17. The van der Waals surface area contributed by atoms with Gasteiger partial charge in [0.1, 0.15) is 12.4 Å². The average Bonchev–Trinajstić information content (AvgIpc) is 2.54. The largest absolute Gasteiger partial charge is 0.445 e. The van der Waals surface area contributed by atoms with Gasteiger partial charge >= 0.3 is 6.09 Å². The highest BCUT2D eigenvalue weighted by atomic mass is 19.1. The van der Waals surface area contributed by atoms with Gasteiger partial charge in [0, 0.05) is 17.8 Å². The lowest BCUT2D eigenvalue weighted by molar-refractivity contribution is 0.129. The first-order chi connectivity index (χ1) is 11.6. The standard InChI is InChI=1S/C19H21FN2O2/c1-13-9-15(20)7-8-18(13)21-16-10-17(11-16)22-19(23)24-12-14-5-3-2-4-6-14/h2-9,16-17,21H,10-12H2,1H3,(H,22,23). The molecule has 1 aliphatic rings. The van der Waals surface area contributed by atoms with Crippen LogP contribution in [0.2, 0.25) is 0 Å². The van der Waals surface area contributed by atoms with Crippen LogP contribution in [0.1, 0.15) is 24.0 Å². The topological polar surface area (TPSA) is 50.4 Å². The van der Waals surface area contributed by atoms with Gasteiger partial charge in [-0.05, 0) is 49.1 Å². The van der Waals surface area contributed by atoms with E-state index in [0.717, 1.165) is 29.7 Å². The molecule has 0 heterocycles. The molecule has 5 heteroatoms. The Labute approximate surface area is 141 Å². The Kier molecular flexibility index (Phi) is 4.99. The Bertz CT molecular complexity index is 700. The van der Waals surface area contributed by atoms with E-state index in [1.165, 1.54) is 12.1 Å². The van der Waals surface area contributed by atoms with Crippen LogP contribution in [0.25, 0.3) is 0 Å². The van der Waals surface area contributed by atoms with E-state index in [1.807, 2.05) is 37.3 Å². The van der Waals surface area contributed by atoms with Gasteiger partial charge in [-0.25, -0.2) is 9.18 Å². The molecule has 0 radical (unpaired) electrons. The van der Waals surface area contributed by atoms with Crippen LogP contribution < -0.4 is 10.6 Å². The number of anilines is 1. The van der Waals surface area contributed by atoms with Crippen molar-refractivity contribution in [3.63, 3.8) is 0 Å². The maximum atomic E-state index is 13.1. The van der Waals surface area contributed by atoms with E-state index in [-0.39, 0.29) is 30.6 Å². The van der Waals surface area contributed by atoms with Crippen molar-refractivity contribution in [2.75, 3.05) is 5.32 Å². The first-order valence-electron chi connectivity index (χ1n) is 8.10. The fourth-order valence-electron chi connectivity index (χ4n) is 2.79. The van der Waals surface area contributed by atoms with E-state index in [9.17, 15) is 9.18 Å². The molecule has 0 aromatic heterocycles. The molecule has 24 heavy (non-hydrogen) atoms. The Hall–Kier alpha value is -2.56. The lowest BCUT2D eigenvalue weighted by Gasteiger charge is -2.36. The van der Waals surface area contributed by atoms with Gasteiger partial charge in [-0.15, -0.1) is 0 Å². The molecule has 1 fully saturated rings. The van der Waals surface area contributed by atoms with E-state index in [2.05, 4.69) is 10.6 Å². The number of rotatable bonds is 5. The second kappa shape index (κ2) is 7.34. The van der Waals surface area contributed by atoms with Crippen molar-refractivity contribution in [3.8, 4) is 0 Å². The van der Waals surface area contributed by atoms with Crippen LogP contribution in [-0.2, 0) is 11.3 Å². The molecule has 3 rings (SSSR count). The van der Waals surface area contributed by atoms with E-state index in [1.54, 1.807) is 6.07 Å². The predicted molar refractivity (Wildman–Crippen MR) is 91.3 cm³/mol. The van der Waals surface area contributed by atoms with Gasteiger partial charge in [0.15, 0.2) is 0 Å². The number of hydrogen-bond acceptors (Lipinski definition) is 3. The fraction of sp³-hybridized carbons (Fsp3) is 0.316. The van der Waals surface area contributed by atoms with Gasteiger partial charge in [0.2, 0.25) is 0 Å². The molecule has 0 spiro atoms. The molecule has 4 nitrogen and oxygen atoms in total.